The van der Waals surface area contributed by atoms with Crippen LogP contribution in [0.25, 0.3) is 0 Å². The van der Waals surface area contributed by atoms with Crippen LogP contribution >= 0.6 is 11.6 Å². The van der Waals surface area contributed by atoms with Gasteiger partial charge >= 0.3 is 0 Å². The molecule has 0 bridgehead atoms. The number of aryl methyl sites for hydroxylation is 2. The molecule has 3 nitrogen and oxygen atoms in total. The minimum Gasteiger partial charge on any atom is -0.309 e. The third-order valence-electron chi connectivity index (χ3n) is 2.48. The Morgan fingerprint density at radius 3 is 2.67 bits per heavy atom. The maximum atomic E-state index is 5.52. The Labute approximate surface area is 96.1 Å². The van der Waals surface area contributed by atoms with E-state index in [1.165, 1.54) is 11.3 Å². The fourth-order valence-corrected chi connectivity index (χ4v) is 1.63. The van der Waals surface area contributed by atoms with Crippen molar-refractivity contribution in [2.75, 3.05) is 12.4 Å². The molecule has 0 radical (unpaired) electrons. The van der Waals surface area contributed by atoms with Gasteiger partial charge in [-0.15, -0.1) is 11.6 Å². The minimum absolute atomic E-state index is 0.576. The van der Waals surface area contributed by atoms with Gasteiger partial charge in [-0.3, -0.25) is 4.68 Å². The van der Waals surface area contributed by atoms with Crippen LogP contribution in [-0.2, 0) is 13.6 Å². The fourth-order valence-electron chi connectivity index (χ4n) is 1.50. The highest BCUT2D eigenvalue weighted by atomic mass is 35.5. The Hall–Kier alpha value is -0.800. The van der Waals surface area contributed by atoms with E-state index in [1.54, 1.807) is 0 Å². The van der Waals surface area contributed by atoms with Crippen LogP contribution in [0.4, 0.5) is 0 Å². The number of alkyl halides is 1. The summed E-state index contributed by atoms with van der Waals surface area (Å²) in [5.74, 6) is 0.576. The first-order valence-corrected chi connectivity index (χ1v) is 5.61. The van der Waals surface area contributed by atoms with Gasteiger partial charge in [-0.25, -0.2) is 0 Å². The average Bonchev–Trinajstić information content (AvgIpc) is 2.44. The van der Waals surface area contributed by atoms with Crippen LogP contribution in [0.15, 0.2) is 12.2 Å². The van der Waals surface area contributed by atoms with Crippen molar-refractivity contribution < 1.29 is 0 Å². The lowest BCUT2D eigenvalue weighted by Crippen LogP contribution is -2.14. The molecular formula is C11H18ClN3. The van der Waals surface area contributed by atoms with E-state index in [-0.39, 0.29) is 0 Å². The number of hydrogen-bond donors (Lipinski definition) is 1. The molecule has 0 aromatic carbocycles. The summed E-state index contributed by atoms with van der Waals surface area (Å²) in [5, 5.41) is 7.70. The predicted molar refractivity (Wildman–Crippen MR) is 64.2 cm³/mol. The Morgan fingerprint density at radius 2 is 2.13 bits per heavy atom. The number of nitrogens with one attached hydrogen (secondary N) is 1. The zero-order valence-electron chi connectivity index (χ0n) is 9.55. The van der Waals surface area contributed by atoms with Gasteiger partial charge in [0.15, 0.2) is 0 Å². The molecule has 1 rings (SSSR count). The number of allylic oxidation sites excluding steroid dienone is 1. The van der Waals surface area contributed by atoms with Crippen molar-refractivity contribution in [3.05, 3.63) is 29.1 Å². The summed E-state index contributed by atoms with van der Waals surface area (Å²) in [6, 6.07) is 0. The highest BCUT2D eigenvalue weighted by Crippen LogP contribution is 2.10. The van der Waals surface area contributed by atoms with E-state index >= 15 is 0 Å². The van der Waals surface area contributed by atoms with E-state index < -0.39 is 0 Å². The maximum Gasteiger partial charge on any atom is 0.0641 e. The van der Waals surface area contributed by atoms with E-state index in [4.69, 9.17) is 11.6 Å². The maximum absolute atomic E-state index is 5.52. The highest BCUT2D eigenvalue weighted by Gasteiger charge is 2.07. The summed E-state index contributed by atoms with van der Waals surface area (Å²) in [6.45, 7) is 5.84. The lowest BCUT2D eigenvalue weighted by molar-refractivity contribution is 0.722. The molecule has 15 heavy (non-hydrogen) atoms. The molecule has 1 aromatic heterocycles. The van der Waals surface area contributed by atoms with Gasteiger partial charge in [0.2, 0.25) is 0 Å². The van der Waals surface area contributed by atoms with Gasteiger partial charge < -0.3 is 5.32 Å². The third-order valence-corrected chi connectivity index (χ3v) is 2.66. The number of rotatable bonds is 5. The highest BCUT2D eigenvalue weighted by molar-refractivity contribution is 6.18. The Morgan fingerprint density at radius 1 is 1.40 bits per heavy atom. The van der Waals surface area contributed by atoms with E-state index in [2.05, 4.69) is 17.3 Å². The molecular weight excluding hydrogens is 210 g/mol. The molecule has 1 heterocycles. The van der Waals surface area contributed by atoms with E-state index in [0.717, 1.165) is 18.8 Å². The molecule has 0 unspecified atom stereocenters. The van der Waals surface area contributed by atoms with Crippen LogP contribution in [0.2, 0.25) is 0 Å². The Balaban J connectivity index is 2.47. The van der Waals surface area contributed by atoms with Gasteiger partial charge in [-0.1, -0.05) is 12.2 Å². The van der Waals surface area contributed by atoms with Gasteiger partial charge in [0.05, 0.1) is 5.69 Å². The molecule has 0 saturated heterocycles. The molecule has 1 aromatic rings. The molecule has 4 heteroatoms. The first-order valence-electron chi connectivity index (χ1n) is 5.07. The first-order chi connectivity index (χ1) is 7.16. The number of nitrogens with zero attached hydrogens (tertiary/aromatic N) is 2. The summed E-state index contributed by atoms with van der Waals surface area (Å²) in [7, 11) is 1.97. The van der Waals surface area contributed by atoms with Gasteiger partial charge in [0.25, 0.3) is 0 Å². The normalized spacial score (nSPS) is 11.5. The van der Waals surface area contributed by atoms with Gasteiger partial charge in [-0.05, 0) is 13.8 Å². The monoisotopic (exact) mass is 227 g/mol. The lowest BCUT2D eigenvalue weighted by atomic mass is 10.2. The SMILES string of the molecule is Cc1nn(C)c(C)c1CNC/C=C/CCl. The van der Waals surface area contributed by atoms with Crippen molar-refractivity contribution in [1.82, 2.24) is 15.1 Å². The van der Waals surface area contributed by atoms with Crippen molar-refractivity contribution >= 4 is 11.6 Å². The zero-order chi connectivity index (χ0) is 11.3. The van der Waals surface area contributed by atoms with Crippen LogP contribution in [-0.4, -0.2) is 22.2 Å². The molecule has 0 aliphatic carbocycles. The largest absolute Gasteiger partial charge is 0.309 e. The summed E-state index contributed by atoms with van der Waals surface area (Å²) in [6.07, 6.45) is 3.98. The lowest BCUT2D eigenvalue weighted by Gasteiger charge is -2.02. The van der Waals surface area contributed by atoms with Crippen LogP contribution in [0.1, 0.15) is 17.0 Å². The van der Waals surface area contributed by atoms with Gasteiger partial charge in [0, 0.05) is 37.3 Å². The molecule has 0 atom stereocenters. The molecule has 0 amide bonds. The van der Waals surface area contributed by atoms with Crippen molar-refractivity contribution in [1.29, 1.82) is 0 Å². The summed E-state index contributed by atoms with van der Waals surface area (Å²) in [5.41, 5.74) is 3.61. The molecule has 0 fully saturated rings. The quantitative estimate of drug-likeness (QED) is 0.473. The second kappa shape index (κ2) is 5.93. The Bertz CT molecular complexity index is 342. The number of halogens is 1. The molecule has 1 N–H and O–H groups in total. The second-order valence-electron chi connectivity index (χ2n) is 3.53. The van der Waals surface area contributed by atoms with E-state index in [9.17, 15) is 0 Å². The Kier molecular flexibility index (Phi) is 4.85. The molecule has 84 valence electrons. The summed E-state index contributed by atoms with van der Waals surface area (Å²) >= 11 is 5.52. The first kappa shape index (κ1) is 12.3. The topological polar surface area (TPSA) is 29.9 Å². The average molecular weight is 228 g/mol. The minimum atomic E-state index is 0.576. The van der Waals surface area contributed by atoms with E-state index in [1.807, 2.05) is 30.8 Å². The van der Waals surface area contributed by atoms with Crippen molar-refractivity contribution in [3.8, 4) is 0 Å². The van der Waals surface area contributed by atoms with Crippen molar-refractivity contribution in [3.63, 3.8) is 0 Å². The molecule has 0 saturated carbocycles. The molecule has 0 aliphatic heterocycles. The van der Waals surface area contributed by atoms with Crippen molar-refractivity contribution in [2.24, 2.45) is 7.05 Å². The van der Waals surface area contributed by atoms with Crippen molar-refractivity contribution in [2.45, 2.75) is 20.4 Å². The number of aromatic nitrogens is 2. The van der Waals surface area contributed by atoms with Crippen LogP contribution < -0.4 is 5.32 Å². The molecule has 0 aliphatic rings. The van der Waals surface area contributed by atoms with Gasteiger partial charge in [-0.2, -0.15) is 5.10 Å². The van der Waals surface area contributed by atoms with E-state index in [0.29, 0.717) is 5.88 Å². The standard InChI is InChI=1S/C11H18ClN3/c1-9-11(10(2)15(3)14-9)8-13-7-5-4-6-12/h4-5,13H,6-8H2,1-3H3/b5-4+. The third kappa shape index (κ3) is 3.36. The van der Waals surface area contributed by atoms with Crippen LogP contribution in [0, 0.1) is 13.8 Å². The predicted octanol–water partition coefficient (Wildman–Crippen LogP) is 1.92. The fraction of sp³-hybridized carbons (Fsp3) is 0.545. The molecule has 0 spiro atoms. The van der Waals surface area contributed by atoms with Gasteiger partial charge in [0.1, 0.15) is 0 Å². The summed E-state index contributed by atoms with van der Waals surface area (Å²) in [4.78, 5) is 0. The smallest absolute Gasteiger partial charge is 0.0641 e. The summed E-state index contributed by atoms with van der Waals surface area (Å²) < 4.78 is 1.92. The number of hydrogen-bond acceptors (Lipinski definition) is 2. The zero-order valence-corrected chi connectivity index (χ0v) is 10.3. The van der Waals surface area contributed by atoms with Crippen LogP contribution in [0.3, 0.4) is 0 Å². The van der Waals surface area contributed by atoms with Crippen LogP contribution in [0.5, 0.6) is 0 Å². The second-order valence-corrected chi connectivity index (χ2v) is 3.84.